The summed E-state index contributed by atoms with van der Waals surface area (Å²) in [6, 6.07) is 24.2. The molecule has 0 fully saturated rings. The molecular weight excluding hydrogens is 389 g/mol. The fourth-order valence-electron chi connectivity index (χ4n) is 3.87. The van der Waals surface area contributed by atoms with Crippen LogP contribution in [0.15, 0.2) is 95.7 Å². The van der Waals surface area contributed by atoms with Gasteiger partial charge in [-0.2, -0.15) is 10.1 Å². The summed E-state index contributed by atoms with van der Waals surface area (Å²) in [5, 5.41) is 6.94. The highest BCUT2D eigenvalue weighted by molar-refractivity contribution is 6.32. The number of hydrazone groups is 1. The molecule has 2 heterocycles. The molecule has 0 spiro atoms. The van der Waals surface area contributed by atoms with E-state index in [1.54, 1.807) is 12.1 Å². The van der Waals surface area contributed by atoms with Crippen LogP contribution in [0.5, 0.6) is 0 Å². The normalized spacial score (nSPS) is 15.2. The predicted molar refractivity (Wildman–Crippen MR) is 122 cm³/mol. The average Bonchev–Trinajstić information content (AvgIpc) is 3.30. The third kappa shape index (κ3) is 3.66. The van der Waals surface area contributed by atoms with Gasteiger partial charge in [-0.3, -0.25) is 4.79 Å². The van der Waals surface area contributed by atoms with Crippen molar-refractivity contribution in [3.63, 3.8) is 0 Å². The van der Waals surface area contributed by atoms with E-state index in [9.17, 15) is 9.18 Å². The van der Waals surface area contributed by atoms with E-state index >= 15 is 0 Å². The summed E-state index contributed by atoms with van der Waals surface area (Å²) < 4.78 is 15.6. The fraction of sp³-hybridized carbons (Fsp3) is 0.0769. The number of hydrogen-bond donors (Lipinski definition) is 0. The lowest BCUT2D eigenvalue weighted by molar-refractivity contribution is -0.114. The monoisotopic (exact) mass is 409 g/mol. The molecule has 1 aliphatic heterocycles. The lowest BCUT2D eigenvalue weighted by Crippen LogP contribution is -2.21. The first kappa shape index (κ1) is 19.0. The highest BCUT2D eigenvalue weighted by Gasteiger charge is 2.28. The molecule has 4 aromatic rings. The van der Waals surface area contributed by atoms with Gasteiger partial charge in [-0.25, -0.2) is 4.39 Å². The molecule has 0 radical (unpaired) electrons. The van der Waals surface area contributed by atoms with Gasteiger partial charge in [0, 0.05) is 23.6 Å². The van der Waals surface area contributed by atoms with Crippen LogP contribution in [0.25, 0.3) is 17.0 Å². The van der Waals surface area contributed by atoms with Crippen LogP contribution in [-0.2, 0) is 11.3 Å². The van der Waals surface area contributed by atoms with E-state index in [1.165, 1.54) is 11.1 Å². The Bertz CT molecular complexity index is 1350. The van der Waals surface area contributed by atoms with E-state index in [2.05, 4.69) is 15.7 Å². The molecular formula is C26H20FN3O. The van der Waals surface area contributed by atoms with Crippen LogP contribution in [0.1, 0.15) is 18.1 Å². The Hall–Kier alpha value is -3.99. The third-order valence-electron chi connectivity index (χ3n) is 5.41. The molecule has 152 valence electrons. The number of rotatable bonds is 4. The van der Waals surface area contributed by atoms with Crippen LogP contribution >= 0.6 is 0 Å². The van der Waals surface area contributed by atoms with Crippen molar-refractivity contribution in [1.82, 2.24) is 4.57 Å². The van der Waals surface area contributed by atoms with Gasteiger partial charge in [0.05, 0.1) is 17.0 Å². The number of carbonyl (C=O) groups excluding carboxylic acids is 1. The van der Waals surface area contributed by atoms with Crippen LogP contribution in [0.4, 0.5) is 10.1 Å². The van der Waals surface area contributed by atoms with Crippen molar-refractivity contribution in [1.29, 1.82) is 0 Å². The smallest absolute Gasteiger partial charge is 0.280 e. The third-order valence-corrected chi connectivity index (χ3v) is 5.41. The Morgan fingerprint density at radius 1 is 0.968 bits per heavy atom. The molecule has 5 heteroatoms. The maximum Gasteiger partial charge on any atom is 0.280 e. The van der Waals surface area contributed by atoms with Crippen LogP contribution in [0.3, 0.4) is 0 Å². The maximum atomic E-state index is 13.5. The van der Waals surface area contributed by atoms with Crippen molar-refractivity contribution >= 4 is 34.3 Å². The summed E-state index contributed by atoms with van der Waals surface area (Å²) in [6.45, 7) is 2.44. The van der Waals surface area contributed by atoms with Gasteiger partial charge in [0.1, 0.15) is 5.82 Å². The molecule has 1 aromatic heterocycles. The first-order valence-corrected chi connectivity index (χ1v) is 10.1. The van der Waals surface area contributed by atoms with Crippen LogP contribution in [-0.4, -0.2) is 16.2 Å². The van der Waals surface area contributed by atoms with Crippen molar-refractivity contribution in [2.45, 2.75) is 13.5 Å². The lowest BCUT2D eigenvalue weighted by atomic mass is 10.1. The fourth-order valence-corrected chi connectivity index (χ4v) is 3.87. The molecule has 1 amide bonds. The van der Waals surface area contributed by atoms with Gasteiger partial charge in [-0.05, 0) is 66.6 Å². The summed E-state index contributed by atoms with van der Waals surface area (Å²) in [5.41, 5.74) is 4.93. The second-order valence-corrected chi connectivity index (χ2v) is 7.59. The summed E-state index contributed by atoms with van der Waals surface area (Å²) in [7, 11) is 0. The number of amides is 1. The number of fused-ring (bicyclic) bond motifs is 1. The number of anilines is 1. The zero-order chi connectivity index (χ0) is 21.4. The molecule has 1 aliphatic rings. The summed E-state index contributed by atoms with van der Waals surface area (Å²) in [6.07, 6.45) is 3.88. The van der Waals surface area contributed by atoms with E-state index in [1.807, 2.05) is 73.8 Å². The molecule has 0 aliphatic carbocycles. The average molecular weight is 409 g/mol. The number of halogens is 1. The van der Waals surface area contributed by atoms with Gasteiger partial charge in [0.25, 0.3) is 5.91 Å². The van der Waals surface area contributed by atoms with Gasteiger partial charge >= 0.3 is 0 Å². The van der Waals surface area contributed by atoms with Crippen molar-refractivity contribution in [3.05, 3.63) is 108 Å². The predicted octanol–water partition coefficient (Wildman–Crippen LogP) is 5.63. The first-order valence-electron chi connectivity index (χ1n) is 10.1. The quantitative estimate of drug-likeness (QED) is 0.402. The van der Waals surface area contributed by atoms with E-state index < -0.39 is 0 Å². The second kappa shape index (κ2) is 7.69. The van der Waals surface area contributed by atoms with Gasteiger partial charge < -0.3 is 4.57 Å². The van der Waals surface area contributed by atoms with Gasteiger partial charge in [-0.15, -0.1) is 0 Å². The van der Waals surface area contributed by atoms with Crippen molar-refractivity contribution < 1.29 is 9.18 Å². The van der Waals surface area contributed by atoms with Gasteiger partial charge in [0.15, 0.2) is 0 Å². The zero-order valence-electron chi connectivity index (χ0n) is 17.0. The molecule has 0 atom stereocenters. The largest absolute Gasteiger partial charge is 0.343 e. The number of benzene rings is 3. The number of carbonyl (C=O) groups is 1. The Labute approximate surface area is 179 Å². The summed E-state index contributed by atoms with van der Waals surface area (Å²) >= 11 is 0. The van der Waals surface area contributed by atoms with Gasteiger partial charge in [0.2, 0.25) is 0 Å². The Kier molecular flexibility index (Phi) is 4.71. The highest BCUT2D eigenvalue weighted by Crippen LogP contribution is 2.26. The van der Waals surface area contributed by atoms with E-state index in [-0.39, 0.29) is 11.7 Å². The Morgan fingerprint density at radius 3 is 2.61 bits per heavy atom. The van der Waals surface area contributed by atoms with Crippen molar-refractivity contribution in [2.24, 2.45) is 5.10 Å². The zero-order valence-corrected chi connectivity index (χ0v) is 17.0. The summed E-state index contributed by atoms with van der Waals surface area (Å²) in [5.74, 6) is -0.363. The maximum absolute atomic E-state index is 13.5. The molecule has 31 heavy (non-hydrogen) atoms. The molecule has 4 nitrogen and oxygen atoms in total. The highest BCUT2D eigenvalue weighted by atomic mass is 19.1. The van der Waals surface area contributed by atoms with Crippen LogP contribution in [0.2, 0.25) is 0 Å². The van der Waals surface area contributed by atoms with Crippen LogP contribution in [0, 0.1) is 5.82 Å². The van der Waals surface area contributed by atoms with E-state index in [0.717, 1.165) is 27.7 Å². The standard InChI is InChI=1S/C26H20FN3O/c1-18-24(26(31)30(28-18)23-8-3-2-4-9-23)16-19-10-11-25-21(14-19)12-13-29(25)17-20-6-5-7-22(27)15-20/h2-16H,17H2,1H3/b24-16-. The minimum Gasteiger partial charge on any atom is -0.343 e. The molecule has 5 rings (SSSR count). The summed E-state index contributed by atoms with van der Waals surface area (Å²) in [4.78, 5) is 12.9. The molecule has 0 saturated heterocycles. The molecule has 0 unspecified atom stereocenters. The minimum atomic E-state index is -0.231. The van der Waals surface area contributed by atoms with E-state index in [4.69, 9.17) is 0 Å². The minimum absolute atomic E-state index is 0.132. The molecule has 3 aromatic carbocycles. The van der Waals surface area contributed by atoms with Crippen LogP contribution < -0.4 is 5.01 Å². The second-order valence-electron chi connectivity index (χ2n) is 7.59. The lowest BCUT2D eigenvalue weighted by Gasteiger charge is -2.11. The SMILES string of the molecule is CC1=NN(c2ccccc2)C(=O)/C1=C\c1ccc2c(ccn2Cc2cccc(F)c2)c1. The Morgan fingerprint density at radius 2 is 1.81 bits per heavy atom. The molecule has 0 bridgehead atoms. The molecule has 0 N–H and O–H groups in total. The molecule has 0 saturated carbocycles. The number of nitrogens with zero attached hydrogens (tertiary/aromatic N) is 3. The Balaban J connectivity index is 1.43. The number of para-hydroxylation sites is 1. The first-order chi connectivity index (χ1) is 15.1. The number of aromatic nitrogens is 1. The number of hydrogen-bond acceptors (Lipinski definition) is 2. The van der Waals surface area contributed by atoms with Crippen molar-refractivity contribution in [3.8, 4) is 0 Å². The van der Waals surface area contributed by atoms with E-state index in [0.29, 0.717) is 17.8 Å². The van der Waals surface area contributed by atoms with Crippen molar-refractivity contribution in [2.75, 3.05) is 5.01 Å². The topological polar surface area (TPSA) is 37.6 Å². The van der Waals surface area contributed by atoms with Gasteiger partial charge in [-0.1, -0.05) is 36.4 Å².